The van der Waals surface area contributed by atoms with Crippen molar-refractivity contribution >= 4 is 39.0 Å². The molecule has 2 aliphatic heterocycles. The van der Waals surface area contributed by atoms with E-state index in [1.54, 1.807) is 11.3 Å². The number of hydrogen-bond donors (Lipinski definition) is 0. The van der Waals surface area contributed by atoms with Crippen molar-refractivity contribution in [2.45, 2.75) is 32.4 Å². The molecular weight excluding hydrogens is 332 g/mol. The maximum absolute atomic E-state index is 6.25. The van der Waals surface area contributed by atoms with Gasteiger partial charge in [-0.2, -0.15) is 4.98 Å². The highest BCUT2D eigenvalue weighted by Crippen LogP contribution is 2.35. The molecule has 0 unspecified atom stereocenters. The van der Waals surface area contributed by atoms with Gasteiger partial charge in [0.1, 0.15) is 0 Å². The fourth-order valence-corrected chi connectivity index (χ4v) is 4.62. The summed E-state index contributed by atoms with van der Waals surface area (Å²) in [5.41, 5.74) is 2.30. The average molecular weight is 353 g/mol. The summed E-state index contributed by atoms with van der Waals surface area (Å²) in [6, 6.07) is 0.307. The van der Waals surface area contributed by atoms with Crippen molar-refractivity contribution in [3.8, 4) is 0 Å². The summed E-state index contributed by atoms with van der Waals surface area (Å²) in [4.78, 5) is 13.9. The van der Waals surface area contributed by atoms with Crippen molar-refractivity contribution < 1.29 is 4.74 Å². The van der Waals surface area contributed by atoms with Gasteiger partial charge in [0.2, 0.25) is 5.28 Å². The van der Waals surface area contributed by atoms with Gasteiger partial charge in [-0.25, -0.2) is 4.98 Å². The van der Waals surface area contributed by atoms with Crippen LogP contribution in [0.25, 0.3) is 10.2 Å². The SMILES string of the molecule is C[C@@H]1COCCN1c1nc(Cl)nc2c(CN3CCCC3)csc12. The Labute approximate surface area is 145 Å². The van der Waals surface area contributed by atoms with Crippen molar-refractivity contribution in [3.05, 3.63) is 16.2 Å². The van der Waals surface area contributed by atoms with Crippen molar-refractivity contribution in [1.82, 2.24) is 14.9 Å². The number of halogens is 1. The third kappa shape index (κ3) is 3.05. The number of likely N-dealkylation sites (tertiary alicyclic amines) is 1. The maximum Gasteiger partial charge on any atom is 0.224 e. The predicted molar refractivity (Wildman–Crippen MR) is 94.6 cm³/mol. The second kappa shape index (κ2) is 6.51. The van der Waals surface area contributed by atoms with Crippen molar-refractivity contribution in [1.29, 1.82) is 0 Å². The first-order chi connectivity index (χ1) is 11.2. The number of hydrogen-bond acceptors (Lipinski definition) is 6. The van der Waals surface area contributed by atoms with E-state index in [0.717, 1.165) is 42.3 Å². The number of nitrogens with zero attached hydrogens (tertiary/aromatic N) is 4. The molecule has 1 atom stereocenters. The fourth-order valence-electron chi connectivity index (χ4n) is 3.45. The summed E-state index contributed by atoms with van der Waals surface area (Å²) in [5.74, 6) is 0.966. The van der Waals surface area contributed by atoms with E-state index in [0.29, 0.717) is 11.3 Å². The second-order valence-corrected chi connectivity index (χ2v) is 7.57. The lowest BCUT2D eigenvalue weighted by Crippen LogP contribution is -2.44. The number of anilines is 1. The van der Waals surface area contributed by atoms with Crippen LogP contribution < -0.4 is 4.90 Å². The summed E-state index contributed by atoms with van der Waals surface area (Å²) in [5, 5.41) is 2.56. The first-order valence-corrected chi connectivity index (χ1v) is 9.48. The Kier molecular flexibility index (Phi) is 4.41. The minimum absolute atomic E-state index is 0.307. The van der Waals surface area contributed by atoms with E-state index >= 15 is 0 Å². The molecular formula is C16H21ClN4OS. The molecule has 2 fully saturated rings. The van der Waals surface area contributed by atoms with E-state index in [-0.39, 0.29) is 0 Å². The molecule has 0 aromatic carbocycles. The molecule has 2 aliphatic rings. The van der Waals surface area contributed by atoms with E-state index in [2.05, 4.69) is 32.1 Å². The normalized spacial score (nSPS) is 23.0. The fraction of sp³-hybridized carbons (Fsp3) is 0.625. The minimum atomic E-state index is 0.307. The third-order valence-corrected chi connectivity index (χ3v) is 5.86. The molecule has 0 radical (unpaired) electrons. The third-order valence-electron chi connectivity index (χ3n) is 4.68. The van der Waals surface area contributed by atoms with Crippen LogP contribution in [0.2, 0.25) is 5.28 Å². The van der Waals surface area contributed by atoms with E-state index in [1.807, 2.05) is 0 Å². The van der Waals surface area contributed by atoms with E-state index < -0.39 is 0 Å². The number of thiophene rings is 1. The summed E-state index contributed by atoms with van der Waals surface area (Å²) < 4.78 is 6.70. The van der Waals surface area contributed by atoms with Crippen LogP contribution in [-0.2, 0) is 11.3 Å². The molecule has 2 saturated heterocycles. The Morgan fingerprint density at radius 3 is 2.91 bits per heavy atom. The standard InChI is InChI=1S/C16H21ClN4OS/c1-11-9-22-7-6-21(11)15-14-13(18-16(17)19-15)12(10-23-14)8-20-4-2-3-5-20/h10-11H,2-9H2,1H3/t11-/m1/s1. The van der Waals surface area contributed by atoms with Crippen LogP contribution in [0.1, 0.15) is 25.3 Å². The van der Waals surface area contributed by atoms with Gasteiger partial charge in [0, 0.05) is 18.7 Å². The van der Waals surface area contributed by atoms with Crippen LogP contribution in [0.5, 0.6) is 0 Å². The highest BCUT2D eigenvalue weighted by molar-refractivity contribution is 7.18. The average Bonchev–Trinajstić information content (AvgIpc) is 3.18. The molecule has 0 aliphatic carbocycles. The van der Waals surface area contributed by atoms with E-state index in [4.69, 9.17) is 16.3 Å². The Morgan fingerprint density at radius 2 is 2.13 bits per heavy atom. The summed E-state index contributed by atoms with van der Waals surface area (Å²) in [7, 11) is 0. The summed E-state index contributed by atoms with van der Waals surface area (Å²) in [6.45, 7) is 7.82. The van der Waals surface area contributed by atoms with Crippen LogP contribution in [0, 0.1) is 0 Å². The van der Waals surface area contributed by atoms with E-state index in [9.17, 15) is 0 Å². The topological polar surface area (TPSA) is 41.5 Å². The Balaban J connectivity index is 1.72. The number of fused-ring (bicyclic) bond motifs is 1. The van der Waals surface area contributed by atoms with Gasteiger partial charge in [-0.15, -0.1) is 11.3 Å². The van der Waals surface area contributed by atoms with Crippen LogP contribution in [0.4, 0.5) is 5.82 Å². The molecule has 4 heterocycles. The molecule has 23 heavy (non-hydrogen) atoms. The first-order valence-electron chi connectivity index (χ1n) is 8.23. The molecule has 2 aromatic heterocycles. The van der Waals surface area contributed by atoms with Crippen LogP contribution in [0.3, 0.4) is 0 Å². The summed E-state index contributed by atoms with van der Waals surface area (Å²) >= 11 is 7.98. The largest absolute Gasteiger partial charge is 0.377 e. The van der Waals surface area contributed by atoms with Crippen molar-refractivity contribution in [2.24, 2.45) is 0 Å². The Bertz CT molecular complexity index is 701. The lowest BCUT2D eigenvalue weighted by molar-refractivity contribution is 0.0987. The first kappa shape index (κ1) is 15.6. The zero-order valence-electron chi connectivity index (χ0n) is 13.3. The van der Waals surface area contributed by atoms with Gasteiger partial charge in [-0.3, -0.25) is 4.90 Å². The van der Waals surface area contributed by atoms with Gasteiger partial charge >= 0.3 is 0 Å². The number of ether oxygens (including phenoxy) is 1. The van der Waals surface area contributed by atoms with E-state index in [1.165, 1.54) is 31.5 Å². The monoisotopic (exact) mass is 352 g/mol. The number of aromatic nitrogens is 2. The molecule has 0 N–H and O–H groups in total. The highest BCUT2D eigenvalue weighted by atomic mass is 35.5. The zero-order valence-corrected chi connectivity index (χ0v) is 14.9. The molecule has 0 amide bonds. The smallest absolute Gasteiger partial charge is 0.224 e. The molecule has 7 heteroatoms. The molecule has 2 aromatic rings. The van der Waals surface area contributed by atoms with Gasteiger partial charge in [0.15, 0.2) is 5.82 Å². The molecule has 0 spiro atoms. The molecule has 5 nitrogen and oxygen atoms in total. The maximum atomic E-state index is 6.25. The van der Waals surface area contributed by atoms with Crippen LogP contribution >= 0.6 is 22.9 Å². The molecule has 0 saturated carbocycles. The molecule has 0 bridgehead atoms. The highest BCUT2D eigenvalue weighted by Gasteiger charge is 2.25. The van der Waals surface area contributed by atoms with Crippen LogP contribution in [0.15, 0.2) is 5.38 Å². The van der Waals surface area contributed by atoms with Crippen LogP contribution in [-0.4, -0.2) is 53.8 Å². The molecule has 124 valence electrons. The summed E-state index contributed by atoms with van der Waals surface area (Å²) in [6.07, 6.45) is 2.60. The van der Waals surface area contributed by atoms with Crippen molar-refractivity contribution in [3.63, 3.8) is 0 Å². The second-order valence-electron chi connectivity index (χ2n) is 6.36. The number of morpholine rings is 1. The predicted octanol–water partition coefficient (Wildman–Crippen LogP) is 3.17. The quantitative estimate of drug-likeness (QED) is 0.794. The lowest BCUT2D eigenvalue weighted by atomic mass is 10.2. The minimum Gasteiger partial charge on any atom is -0.377 e. The Morgan fingerprint density at radius 1 is 1.30 bits per heavy atom. The van der Waals surface area contributed by atoms with Gasteiger partial charge in [0.05, 0.1) is 29.5 Å². The Hall–Kier alpha value is -0.950. The van der Waals surface area contributed by atoms with Gasteiger partial charge in [-0.05, 0) is 49.8 Å². The van der Waals surface area contributed by atoms with Gasteiger partial charge < -0.3 is 9.64 Å². The van der Waals surface area contributed by atoms with Gasteiger partial charge in [-0.1, -0.05) is 0 Å². The molecule has 4 rings (SSSR count). The van der Waals surface area contributed by atoms with Gasteiger partial charge in [0.25, 0.3) is 0 Å². The van der Waals surface area contributed by atoms with Crippen molar-refractivity contribution in [2.75, 3.05) is 37.7 Å². The lowest BCUT2D eigenvalue weighted by Gasteiger charge is -2.34. The zero-order chi connectivity index (χ0) is 15.8. The number of rotatable bonds is 3.